The average Bonchev–Trinajstić information content (AvgIpc) is 3.78. The van der Waals surface area contributed by atoms with Crippen LogP contribution in [-0.4, -0.2) is 0 Å². The van der Waals surface area contributed by atoms with Crippen LogP contribution in [0.4, 0.5) is 0 Å². The molecule has 0 spiro atoms. The third-order valence-corrected chi connectivity index (χ3v) is 14.6. The van der Waals surface area contributed by atoms with E-state index < -0.39 is 0 Å². The molecule has 57 heavy (non-hydrogen) atoms. The van der Waals surface area contributed by atoms with Crippen LogP contribution in [-0.2, 0) is 16.2 Å². The Bertz CT molecular complexity index is 2270. The summed E-state index contributed by atoms with van der Waals surface area (Å²) in [6.07, 6.45) is 14.2. The van der Waals surface area contributed by atoms with Crippen LogP contribution in [0.5, 0.6) is 0 Å². The van der Waals surface area contributed by atoms with Gasteiger partial charge in [0.15, 0.2) is 0 Å². The van der Waals surface area contributed by atoms with E-state index >= 15 is 0 Å². The van der Waals surface area contributed by atoms with Gasteiger partial charge in [-0.15, -0.1) is 0 Å². The van der Waals surface area contributed by atoms with Gasteiger partial charge in [-0.2, -0.15) is 0 Å². The summed E-state index contributed by atoms with van der Waals surface area (Å²) in [6.45, 7) is 14.2. The van der Waals surface area contributed by atoms with Crippen LogP contribution in [0.3, 0.4) is 0 Å². The fraction of sp³-hybridized carbons (Fsp3) is 0.368. The Kier molecular flexibility index (Phi) is 9.91. The zero-order chi connectivity index (χ0) is 39.4. The summed E-state index contributed by atoms with van der Waals surface area (Å²) < 4.78 is 0. The highest BCUT2D eigenvalue weighted by atomic mass is 14.5. The molecule has 0 radical (unpaired) electrons. The average molecular weight is 747 g/mol. The van der Waals surface area contributed by atoms with Gasteiger partial charge in [-0.25, -0.2) is 0 Å². The summed E-state index contributed by atoms with van der Waals surface area (Å²) in [6, 6.07) is 48.4. The van der Waals surface area contributed by atoms with Crippen molar-refractivity contribution < 1.29 is 0 Å². The molecule has 0 heterocycles. The fourth-order valence-corrected chi connectivity index (χ4v) is 12.7. The molecule has 0 nitrogen and oxygen atoms in total. The highest BCUT2D eigenvalue weighted by molar-refractivity contribution is 5.89. The van der Waals surface area contributed by atoms with Crippen molar-refractivity contribution in [3.8, 4) is 55.6 Å². The maximum Gasteiger partial charge on any atom is 0.0215 e. The Morgan fingerprint density at radius 2 is 0.491 bits per heavy atom. The van der Waals surface area contributed by atoms with Crippen molar-refractivity contribution in [1.29, 1.82) is 0 Å². The monoisotopic (exact) mass is 746 g/mol. The van der Waals surface area contributed by atoms with Gasteiger partial charge in [0.05, 0.1) is 0 Å². The predicted molar refractivity (Wildman–Crippen MR) is 245 cm³/mol. The fourth-order valence-electron chi connectivity index (χ4n) is 12.7. The summed E-state index contributed by atoms with van der Waals surface area (Å²) in [5.41, 5.74) is 23.6. The number of benzene rings is 6. The van der Waals surface area contributed by atoms with Crippen LogP contribution < -0.4 is 0 Å². The Morgan fingerprint density at radius 1 is 0.263 bits per heavy atom. The van der Waals surface area contributed by atoms with Crippen LogP contribution in [0.25, 0.3) is 55.6 Å². The molecule has 0 unspecified atom stereocenters. The highest BCUT2D eigenvalue weighted by Crippen LogP contribution is 2.58. The first-order valence-corrected chi connectivity index (χ1v) is 22.7. The highest BCUT2D eigenvalue weighted by Gasteiger charge is 2.45. The molecular weight excluding hydrogens is 685 g/mol. The van der Waals surface area contributed by atoms with E-state index in [1.54, 1.807) is 33.4 Å². The minimum absolute atomic E-state index is 0.00245. The smallest absolute Gasteiger partial charge is 0.0215 e. The molecule has 0 aromatic heterocycles. The predicted octanol–water partition coefficient (Wildman–Crippen LogP) is 16.6. The standard InChI is InChI=1S/C57H62/c1-7-29-55(30-8-2)49-19-15-13-17-43(49)45-25-21-39(35-51(45)55)41-23-27-47-48-28-24-42(38-54(48)57(33-11-5,34-12-6)53(47)37-41)40-22-26-46-44-18-14-16-20-50(44)56(31-9-3,32-10-4)52(46)36-40/h13-28,35-38H,7-12,29-34H2,1-6H3. The van der Waals surface area contributed by atoms with Crippen molar-refractivity contribution in [3.63, 3.8) is 0 Å². The van der Waals surface area contributed by atoms with E-state index in [2.05, 4.69) is 163 Å². The Labute approximate surface area is 343 Å². The van der Waals surface area contributed by atoms with Gasteiger partial charge in [-0.05, 0) is 152 Å². The molecular formula is C57H62. The molecule has 0 saturated heterocycles. The second-order valence-corrected chi connectivity index (χ2v) is 17.9. The maximum atomic E-state index is 2.61. The lowest BCUT2D eigenvalue weighted by atomic mass is 9.70. The SMILES string of the molecule is CCCC1(CCC)c2ccccc2-c2ccc(-c3ccc4c(c3)C(CCC)(CCC)c3cc(-c5ccc6c(c5)C(CCC)(CCC)c5ccccc5-6)ccc3-4)cc21. The van der Waals surface area contributed by atoms with Crippen LogP contribution in [0.2, 0.25) is 0 Å². The van der Waals surface area contributed by atoms with Gasteiger partial charge in [0.1, 0.15) is 0 Å². The molecule has 0 amide bonds. The van der Waals surface area contributed by atoms with Crippen LogP contribution in [0, 0.1) is 0 Å². The summed E-state index contributed by atoms with van der Waals surface area (Å²) in [4.78, 5) is 0. The van der Waals surface area contributed by atoms with Gasteiger partial charge in [-0.3, -0.25) is 0 Å². The molecule has 290 valence electrons. The van der Waals surface area contributed by atoms with E-state index in [0.717, 1.165) is 12.8 Å². The minimum atomic E-state index is 0.00245. The van der Waals surface area contributed by atoms with Gasteiger partial charge >= 0.3 is 0 Å². The third kappa shape index (κ3) is 5.60. The number of hydrogen-bond acceptors (Lipinski definition) is 0. The first-order valence-electron chi connectivity index (χ1n) is 22.7. The van der Waals surface area contributed by atoms with E-state index in [-0.39, 0.29) is 16.2 Å². The van der Waals surface area contributed by atoms with E-state index in [9.17, 15) is 0 Å². The molecule has 0 atom stereocenters. The number of fused-ring (bicyclic) bond motifs is 9. The van der Waals surface area contributed by atoms with Crippen molar-refractivity contribution in [2.45, 2.75) is 135 Å². The lowest BCUT2D eigenvalue weighted by Crippen LogP contribution is -2.25. The second kappa shape index (κ2) is 14.9. The largest absolute Gasteiger partial charge is 0.0653 e. The quantitative estimate of drug-likeness (QED) is 0.104. The molecule has 0 heteroatoms. The van der Waals surface area contributed by atoms with E-state index in [1.807, 2.05) is 0 Å². The number of hydrogen-bond donors (Lipinski definition) is 0. The molecule has 3 aliphatic rings. The molecule has 0 saturated carbocycles. The van der Waals surface area contributed by atoms with Crippen molar-refractivity contribution >= 4 is 0 Å². The second-order valence-electron chi connectivity index (χ2n) is 17.9. The minimum Gasteiger partial charge on any atom is -0.0653 e. The topological polar surface area (TPSA) is 0 Å². The van der Waals surface area contributed by atoms with Crippen LogP contribution in [0.15, 0.2) is 121 Å². The first-order chi connectivity index (χ1) is 27.9. The summed E-state index contributed by atoms with van der Waals surface area (Å²) in [7, 11) is 0. The van der Waals surface area contributed by atoms with Crippen molar-refractivity contribution in [3.05, 3.63) is 155 Å². The lowest BCUT2D eigenvalue weighted by Gasteiger charge is -2.33. The molecule has 0 fully saturated rings. The van der Waals surface area contributed by atoms with E-state index in [1.165, 1.54) is 120 Å². The molecule has 0 bridgehead atoms. The van der Waals surface area contributed by atoms with Crippen LogP contribution >= 0.6 is 0 Å². The third-order valence-electron chi connectivity index (χ3n) is 14.6. The van der Waals surface area contributed by atoms with Gasteiger partial charge in [-0.1, -0.05) is 177 Å². The Hall–Kier alpha value is -4.68. The maximum absolute atomic E-state index is 2.61. The first kappa shape index (κ1) is 37.9. The van der Waals surface area contributed by atoms with Gasteiger partial charge in [0, 0.05) is 16.2 Å². The van der Waals surface area contributed by atoms with Gasteiger partial charge in [0.25, 0.3) is 0 Å². The number of rotatable bonds is 14. The van der Waals surface area contributed by atoms with Crippen molar-refractivity contribution in [1.82, 2.24) is 0 Å². The van der Waals surface area contributed by atoms with Gasteiger partial charge in [0.2, 0.25) is 0 Å². The molecule has 3 aliphatic carbocycles. The summed E-state index contributed by atoms with van der Waals surface area (Å²) >= 11 is 0. The Balaban J connectivity index is 1.16. The van der Waals surface area contributed by atoms with Crippen molar-refractivity contribution in [2.24, 2.45) is 0 Å². The van der Waals surface area contributed by atoms with Gasteiger partial charge < -0.3 is 0 Å². The summed E-state index contributed by atoms with van der Waals surface area (Å²) in [5, 5.41) is 0. The zero-order valence-corrected chi connectivity index (χ0v) is 35.5. The van der Waals surface area contributed by atoms with E-state index in [4.69, 9.17) is 0 Å². The normalized spacial score (nSPS) is 15.8. The van der Waals surface area contributed by atoms with Crippen LogP contribution in [0.1, 0.15) is 152 Å². The zero-order valence-electron chi connectivity index (χ0n) is 35.5. The summed E-state index contributed by atoms with van der Waals surface area (Å²) in [5.74, 6) is 0. The van der Waals surface area contributed by atoms with Crippen molar-refractivity contribution in [2.75, 3.05) is 0 Å². The van der Waals surface area contributed by atoms with E-state index in [0.29, 0.717) is 0 Å². The molecule has 0 aliphatic heterocycles. The molecule has 6 aromatic rings. The molecule has 0 N–H and O–H groups in total. The molecule has 6 aromatic carbocycles. The Morgan fingerprint density at radius 3 is 0.754 bits per heavy atom. The lowest BCUT2D eigenvalue weighted by molar-refractivity contribution is 0.435. The molecule has 9 rings (SSSR count).